The molecule has 1 heterocycles. The highest BCUT2D eigenvalue weighted by Crippen LogP contribution is 2.29. The van der Waals surface area contributed by atoms with Gasteiger partial charge in [-0.2, -0.15) is 0 Å². The third-order valence-corrected chi connectivity index (χ3v) is 4.95. The average molecular weight is 372 g/mol. The molecule has 0 unspecified atom stereocenters. The lowest BCUT2D eigenvalue weighted by Crippen LogP contribution is -2.17. The van der Waals surface area contributed by atoms with E-state index in [1.165, 1.54) is 23.5 Å². The van der Waals surface area contributed by atoms with E-state index in [0.717, 1.165) is 10.6 Å². The van der Waals surface area contributed by atoms with E-state index in [2.05, 4.69) is 20.2 Å². The average Bonchev–Trinajstić information content (AvgIpc) is 2.83. The maximum absolute atomic E-state index is 12.3. The summed E-state index contributed by atoms with van der Waals surface area (Å²) in [7, 11) is -3.47. The van der Waals surface area contributed by atoms with E-state index in [-0.39, 0.29) is 11.3 Å². The van der Waals surface area contributed by atoms with Crippen molar-refractivity contribution in [1.82, 2.24) is 10.2 Å². The number of para-hydroxylation sites is 1. The number of hydrogen-bond donors (Lipinski definition) is 2. The van der Waals surface area contributed by atoms with Crippen LogP contribution in [0, 0.1) is 0 Å². The first-order valence-electron chi connectivity index (χ1n) is 6.63. The lowest BCUT2D eigenvalue weighted by Gasteiger charge is -2.09. The summed E-state index contributed by atoms with van der Waals surface area (Å²) in [5.74, 6) is -0.450. The molecule has 124 valence electrons. The Balaban J connectivity index is 2.16. The number of thioether (sulfide) groups is 1. The maximum Gasteiger partial charge on any atom is 0.259 e. The van der Waals surface area contributed by atoms with Crippen LogP contribution >= 0.6 is 23.1 Å². The molecule has 0 aliphatic heterocycles. The molecule has 7 nitrogen and oxygen atoms in total. The second kappa shape index (κ2) is 7.28. The van der Waals surface area contributed by atoms with Gasteiger partial charge in [-0.1, -0.05) is 49.1 Å². The topological polar surface area (TPSA) is 101 Å². The SMILES string of the molecule is CC(C)Sc1nnc(NC(=O)c2ccccc2NS(C)(=O)=O)s1. The number of nitrogens with zero attached hydrogens (tertiary/aromatic N) is 2. The molecule has 10 heteroatoms. The van der Waals surface area contributed by atoms with Crippen LogP contribution in [0.15, 0.2) is 28.6 Å². The van der Waals surface area contributed by atoms with Gasteiger partial charge in [0.15, 0.2) is 4.34 Å². The number of carbonyl (C=O) groups is 1. The number of nitrogens with one attached hydrogen (secondary N) is 2. The molecule has 0 bridgehead atoms. The minimum absolute atomic E-state index is 0.214. The molecule has 0 aliphatic carbocycles. The summed E-state index contributed by atoms with van der Waals surface area (Å²) in [5.41, 5.74) is 0.431. The summed E-state index contributed by atoms with van der Waals surface area (Å²) in [5, 5.41) is 11.3. The number of amides is 1. The lowest BCUT2D eigenvalue weighted by molar-refractivity contribution is 0.102. The van der Waals surface area contributed by atoms with Gasteiger partial charge in [0.05, 0.1) is 17.5 Å². The van der Waals surface area contributed by atoms with Gasteiger partial charge in [0.2, 0.25) is 15.2 Å². The Morgan fingerprint density at radius 1 is 1.26 bits per heavy atom. The fourth-order valence-electron chi connectivity index (χ4n) is 1.64. The molecule has 2 rings (SSSR count). The van der Waals surface area contributed by atoms with Gasteiger partial charge >= 0.3 is 0 Å². The smallest absolute Gasteiger partial charge is 0.259 e. The van der Waals surface area contributed by atoms with Crippen molar-refractivity contribution >= 4 is 49.8 Å². The zero-order valence-corrected chi connectivity index (χ0v) is 15.2. The molecule has 0 aliphatic rings. The van der Waals surface area contributed by atoms with Gasteiger partial charge in [0, 0.05) is 5.25 Å². The fraction of sp³-hybridized carbons (Fsp3) is 0.308. The highest BCUT2D eigenvalue weighted by Gasteiger charge is 2.16. The van der Waals surface area contributed by atoms with Gasteiger partial charge < -0.3 is 0 Å². The minimum Gasteiger partial charge on any atom is -0.296 e. The number of anilines is 2. The number of benzene rings is 1. The van der Waals surface area contributed by atoms with Crippen LogP contribution in [0.3, 0.4) is 0 Å². The Morgan fingerprint density at radius 2 is 1.96 bits per heavy atom. The van der Waals surface area contributed by atoms with Crippen LogP contribution < -0.4 is 10.0 Å². The molecule has 0 atom stereocenters. The van der Waals surface area contributed by atoms with Crippen LogP contribution in [-0.4, -0.2) is 36.0 Å². The van der Waals surface area contributed by atoms with E-state index in [1.807, 2.05) is 13.8 Å². The number of rotatable bonds is 6. The predicted octanol–water partition coefficient (Wildman–Crippen LogP) is 2.66. The van der Waals surface area contributed by atoms with Crippen molar-refractivity contribution in [1.29, 1.82) is 0 Å². The van der Waals surface area contributed by atoms with E-state index >= 15 is 0 Å². The molecule has 2 N–H and O–H groups in total. The van der Waals surface area contributed by atoms with Crippen LogP contribution in [0.2, 0.25) is 0 Å². The first-order valence-corrected chi connectivity index (χ1v) is 10.2. The van der Waals surface area contributed by atoms with Gasteiger partial charge in [-0.05, 0) is 12.1 Å². The van der Waals surface area contributed by atoms with Crippen molar-refractivity contribution in [3.05, 3.63) is 29.8 Å². The Kier molecular flexibility index (Phi) is 5.60. The van der Waals surface area contributed by atoms with E-state index in [9.17, 15) is 13.2 Å². The highest BCUT2D eigenvalue weighted by atomic mass is 32.2. The quantitative estimate of drug-likeness (QED) is 0.597. The molecule has 0 fully saturated rings. The summed E-state index contributed by atoms with van der Waals surface area (Å²) in [4.78, 5) is 12.3. The van der Waals surface area contributed by atoms with Crippen LogP contribution in [0.25, 0.3) is 0 Å². The number of sulfonamides is 1. The predicted molar refractivity (Wildman–Crippen MR) is 93.8 cm³/mol. The van der Waals surface area contributed by atoms with Gasteiger partial charge in [-0.15, -0.1) is 10.2 Å². The molecular formula is C13H16N4O3S3. The maximum atomic E-state index is 12.3. The Labute approximate surface area is 143 Å². The standard InChI is InChI=1S/C13H16N4O3S3/c1-8(2)21-13-16-15-12(22-13)14-11(18)9-6-4-5-7-10(9)17-23(3,19)20/h4-8,17H,1-3H3,(H,14,15,18). The van der Waals surface area contributed by atoms with Crippen molar-refractivity contribution in [2.45, 2.75) is 23.4 Å². The van der Waals surface area contributed by atoms with Crippen molar-refractivity contribution in [2.75, 3.05) is 16.3 Å². The van der Waals surface area contributed by atoms with Crippen LogP contribution in [0.5, 0.6) is 0 Å². The van der Waals surface area contributed by atoms with Crippen LogP contribution in [0.1, 0.15) is 24.2 Å². The largest absolute Gasteiger partial charge is 0.296 e. The molecule has 0 saturated carbocycles. The first-order chi connectivity index (χ1) is 10.7. The Bertz CT molecular complexity index is 802. The van der Waals surface area contributed by atoms with Crippen molar-refractivity contribution in [2.24, 2.45) is 0 Å². The van der Waals surface area contributed by atoms with Crippen LogP contribution in [-0.2, 0) is 10.0 Å². The summed E-state index contributed by atoms with van der Waals surface area (Å²) in [6, 6.07) is 6.36. The monoisotopic (exact) mass is 372 g/mol. The summed E-state index contributed by atoms with van der Waals surface area (Å²) < 4.78 is 25.8. The van der Waals surface area contributed by atoms with Gasteiger partial charge in [-0.3, -0.25) is 14.8 Å². The van der Waals surface area contributed by atoms with E-state index in [4.69, 9.17) is 0 Å². The van der Waals surface area contributed by atoms with Crippen molar-refractivity contribution in [3.63, 3.8) is 0 Å². The molecule has 0 radical (unpaired) electrons. The second-order valence-electron chi connectivity index (χ2n) is 4.91. The van der Waals surface area contributed by atoms with Gasteiger partial charge in [-0.25, -0.2) is 8.42 Å². The highest BCUT2D eigenvalue weighted by molar-refractivity contribution is 8.01. The van der Waals surface area contributed by atoms with Gasteiger partial charge in [0.1, 0.15) is 0 Å². The van der Waals surface area contributed by atoms with Crippen molar-refractivity contribution in [3.8, 4) is 0 Å². The minimum atomic E-state index is -3.47. The molecule has 1 amide bonds. The molecule has 0 spiro atoms. The molecule has 2 aromatic rings. The summed E-state index contributed by atoms with van der Waals surface area (Å²) in [6.45, 7) is 4.08. The van der Waals surface area contributed by atoms with E-state index in [0.29, 0.717) is 10.4 Å². The fourth-order valence-corrected chi connectivity index (χ4v) is 4.19. The molecule has 1 aromatic heterocycles. The normalized spacial score (nSPS) is 11.5. The zero-order valence-electron chi connectivity index (χ0n) is 12.7. The summed E-state index contributed by atoms with van der Waals surface area (Å²) in [6.07, 6.45) is 1.03. The third-order valence-electron chi connectivity index (χ3n) is 2.43. The Hall–Kier alpha value is -1.65. The van der Waals surface area contributed by atoms with Crippen molar-refractivity contribution < 1.29 is 13.2 Å². The molecule has 0 saturated heterocycles. The lowest BCUT2D eigenvalue weighted by atomic mass is 10.2. The van der Waals surface area contributed by atoms with E-state index in [1.54, 1.807) is 23.9 Å². The molecule has 23 heavy (non-hydrogen) atoms. The first kappa shape index (κ1) is 17.7. The third kappa shape index (κ3) is 5.48. The summed E-state index contributed by atoms with van der Waals surface area (Å²) >= 11 is 2.83. The molecular weight excluding hydrogens is 356 g/mol. The number of hydrogen-bond acceptors (Lipinski definition) is 7. The van der Waals surface area contributed by atoms with Crippen LogP contribution in [0.4, 0.5) is 10.8 Å². The van der Waals surface area contributed by atoms with E-state index < -0.39 is 15.9 Å². The second-order valence-corrected chi connectivity index (χ2v) is 9.46. The molecule has 1 aromatic carbocycles. The van der Waals surface area contributed by atoms with Gasteiger partial charge in [0.25, 0.3) is 5.91 Å². The Morgan fingerprint density at radius 3 is 2.61 bits per heavy atom. The number of carbonyl (C=O) groups excluding carboxylic acids is 1. The number of aromatic nitrogens is 2. The zero-order chi connectivity index (χ0) is 17.0.